The number of hydrogen-bond donors (Lipinski definition) is 2. The Labute approximate surface area is 97.5 Å². The Hall–Kier alpha value is -1.63. The molecule has 0 radical (unpaired) electrons. The highest BCUT2D eigenvalue weighted by atomic mass is 16.6. The molecule has 2 unspecified atom stereocenters. The van der Waals surface area contributed by atoms with Gasteiger partial charge in [0.15, 0.2) is 0 Å². The molecule has 3 rings (SSSR count). The Morgan fingerprint density at radius 1 is 1.35 bits per heavy atom. The van der Waals surface area contributed by atoms with E-state index in [9.17, 15) is 9.90 Å². The van der Waals surface area contributed by atoms with Crippen LogP contribution in [-0.2, 0) is 0 Å². The molecule has 7 heteroatoms. The van der Waals surface area contributed by atoms with E-state index in [2.05, 4.69) is 14.9 Å². The molecule has 2 fully saturated rings. The Kier molecular flexibility index (Phi) is 2.29. The number of rotatable bonds is 1. The molecule has 2 atom stereocenters. The smallest absolute Gasteiger partial charge is 0.280 e. The highest BCUT2D eigenvalue weighted by Crippen LogP contribution is 2.36. The predicted octanol–water partition coefficient (Wildman–Crippen LogP) is -0.220. The monoisotopic (exact) mass is 238 g/mol. The molecular weight excluding hydrogens is 224 g/mol. The van der Waals surface area contributed by atoms with Crippen molar-refractivity contribution in [3.8, 4) is 0 Å². The molecule has 2 aliphatic rings. The van der Waals surface area contributed by atoms with Gasteiger partial charge in [0.25, 0.3) is 5.91 Å². The summed E-state index contributed by atoms with van der Waals surface area (Å²) in [6.45, 7) is 0. The van der Waals surface area contributed by atoms with Crippen LogP contribution in [-0.4, -0.2) is 44.4 Å². The normalized spacial score (nSPS) is 31.8. The van der Waals surface area contributed by atoms with Crippen molar-refractivity contribution in [1.29, 1.82) is 0 Å². The zero-order chi connectivity index (χ0) is 12.0. The molecule has 3 heterocycles. The van der Waals surface area contributed by atoms with Gasteiger partial charge in [-0.15, -0.1) is 0 Å². The summed E-state index contributed by atoms with van der Waals surface area (Å²) >= 11 is 0. The summed E-state index contributed by atoms with van der Waals surface area (Å²) in [5.74, 6) is -0.205. The summed E-state index contributed by atoms with van der Waals surface area (Å²) in [5.41, 5.74) is 5.60. The zero-order valence-electron chi connectivity index (χ0n) is 9.24. The molecule has 2 aliphatic heterocycles. The van der Waals surface area contributed by atoms with Gasteiger partial charge in [0, 0.05) is 12.1 Å². The number of amides is 1. The van der Waals surface area contributed by atoms with Crippen LogP contribution >= 0.6 is 0 Å². The highest BCUT2D eigenvalue weighted by Gasteiger charge is 2.44. The maximum absolute atomic E-state index is 12.3. The molecule has 7 nitrogen and oxygen atoms in total. The molecule has 17 heavy (non-hydrogen) atoms. The third kappa shape index (κ3) is 1.57. The lowest BCUT2D eigenvalue weighted by Gasteiger charge is -2.36. The van der Waals surface area contributed by atoms with Gasteiger partial charge < -0.3 is 15.7 Å². The van der Waals surface area contributed by atoms with Gasteiger partial charge in [-0.05, 0) is 36.0 Å². The van der Waals surface area contributed by atoms with Crippen molar-refractivity contribution in [2.45, 2.75) is 43.9 Å². The first-order valence-corrected chi connectivity index (χ1v) is 5.75. The van der Waals surface area contributed by atoms with Crippen molar-refractivity contribution in [1.82, 2.24) is 15.2 Å². The van der Waals surface area contributed by atoms with Crippen LogP contribution in [0.3, 0.4) is 0 Å². The first-order chi connectivity index (χ1) is 8.16. The molecule has 2 saturated heterocycles. The van der Waals surface area contributed by atoms with E-state index >= 15 is 0 Å². The van der Waals surface area contributed by atoms with Crippen LogP contribution in [0, 0.1) is 0 Å². The number of fused-ring (bicyclic) bond motifs is 2. The Morgan fingerprint density at radius 3 is 2.53 bits per heavy atom. The van der Waals surface area contributed by atoms with Crippen molar-refractivity contribution in [3.05, 3.63) is 5.69 Å². The van der Waals surface area contributed by atoms with Crippen LogP contribution in [0.5, 0.6) is 0 Å². The Morgan fingerprint density at radius 2 is 2.00 bits per heavy atom. The number of hydrogen-bond acceptors (Lipinski definition) is 6. The van der Waals surface area contributed by atoms with Gasteiger partial charge in [0.05, 0.1) is 6.10 Å². The maximum Gasteiger partial charge on any atom is 0.280 e. The molecule has 1 amide bonds. The number of nitrogens with zero attached hydrogens (tertiary/aromatic N) is 3. The summed E-state index contributed by atoms with van der Waals surface area (Å²) < 4.78 is 4.45. The van der Waals surface area contributed by atoms with Gasteiger partial charge >= 0.3 is 0 Å². The van der Waals surface area contributed by atoms with Gasteiger partial charge in [-0.1, -0.05) is 0 Å². The Balaban J connectivity index is 1.86. The molecular formula is C10H14N4O3. The summed E-state index contributed by atoms with van der Waals surface area (Å²) in [5, 5.41) is 16.6. The average Bonchev–Trinajstić information content (AvgIpc) is 2.81. The largest absolute Gasteiger partial charge is 0.393 e. The lowest BCUT2D eigenvalue weighted by Crippen LogP contribution is -2.48. The molecule has 0 aromatic carbocycles. The fourth-order valence-corrected chi connectivity index (χ4v) is 2.95. The molecule has 0 saturated carbocycles. The summed E-state index contributed by atoms with van der Waals surface area (Å²) in [6.07, 6.45) is 2.82. The molecule has 0 aliphatic carbocycles. The second-order valence-corrected chi connectivity index (χ2v) is 4.72. The second kappa shape index (κ2) is 3.69. The van der Waals surface area contributed by atoms with E-state index < -0.39 is 0 Å². The third-order valence-corrected chi connectivity index (χ3v) is 3.66. The van der Waals surface area contributed by atoms with E-state index in [1.165, 1.54) is 0 Å². The standard InChI is InChI=1S/C10H14N4O3/c11-9-8(12-17-13-9)10(16)14-5-1-2-6(14)4-7(15)3-5/h5-7,15H,1-4H2,(H2,11,13). The fourth-order valence-electron chi connectivity index (χ4n) is 2.95. The van der Waals surface area contributed by atoms with E-state index in [1.54, 1.807) is 4.90 Å². The molecule has 1 aromatic heterocycles. The molecule has 92 valence electrons. The van der Waals surface area contributed by atoms with Crippen molar-refractivity contribution < 1.29 is 14.5 Å². The number of aliphatic hydroxyl groups is 1. The molecule has 2 bridgehead atoms. The van der Waals surface area contributed by atoms with E-state index in [0.29, 0.717) is 12.8 Å². The number of piperidine rings is 1. The summed E-state index contributed by atoms with van der Waals surface area (Å²) in [7, 11) is 0. The highest BCUT2D eigenvalue weighted by molar-refractivity contribution is 5.96. The van der Waals surface area contributed by atoms with Gasteiger partial charge in [0.2, 0.25) is 11.5 Å². The number of nitrogens with two attached hydrogens (primary N) is 1. The minimum atomic E-state index is -0.302. The number of nitrogen functional groups attached to an aromatic ring is 1. The minimum absolute atomic E-state index is 0.0283. The van der Waals surface area contributed by atoms with Crippen molar-refractivity contribution in [3.63, 3.8) is 0 Å². The van der Waals surface area contributed by atoms with Crippen LogP contribution < -0.4 is 5.73 Å². The number of anilines is 1. The number of aliphatic hydroxyl groups excluding tert-OH is 1. The van der Waals surface area contributed by atoms with Gasteiger partial charge in [0.1, 0.15) is 0 Å². The van der Waals surface area contributed by atoms with Crippen molar-refractivity contribution in [2.24, 2.45) is 0 Å². The maximum atomic E-state index is 12.3. The quantitative estimate of drug-likeness (QED) is 0.700. The second-order valence-electron chi connectivity index (χ2n) is 4.72. The first kappa shape index (κ1) is 10.5. The van der Waals surface area contributed by atoms with Gasteiger partial charge in [-0.2, -0.15) is 0 Å². The van der Waals surface area contributed by atoms with E-state index in [4.69, 9.17) is 5.73 Å². The number of carbonyl (C=O) groups excluding carboxylic acids is 1. The lowest BCUT2D eigenvalue weighted by molar-refractivity contribution is 0.0280. The zero-order valence-corrected chi connectivity index (χ0v) is 9.24. The minimum Gasteiger partial charge on any atom is -0.393 e. The van der Waals surface area contributed by atoms with Gasteiger partial charge in [-0.3, -0.25) is 4.79 Å². The molecule has 0 spiro atoms. The summed E-state index contributed by atoms with van der Waals surface area (Å²) in [6, 6.07) is 0.180. The van der Waals surface area contributed by atoms with Crippen LogP contribution in [0.25, 0.3) is 0 Å². The number of carbonyl (C=O) groups is 1. The molecule has 1 aromatic rings. The third-order valence-electron chi connectivity index (χ3n) is 3.66. The Bertz CT molecular complexity index is 433. The van der Waals surface area contributed by atoms with Crippen LogP contribution in [0.1, 0.15) is 36.2 Å². The first-order valence-electron chi connectivity index (χ1n) is 5.75. The van der Waals surface area contributed by atoms with Crippen LogP contribution in [0.4, 0.5) is 5.82 Å². The number of aromatic nitrogens is 2. The van der Waals surface area contributed by atoms with E-state index in [1.807, 2.05) is 0 Å². The van der Waals surface area contributed by atoms with E-state index in [0.717, 1.165) is 12.8 Å². The SMILES string of the molecule is Nc1nonc1C(=O)N1C2CCC1CC(O)C2. The van der Waals surface area contributed by atoms with Crippen LogP contribution in [0.15, 0.2) is 4.63 Å². The van der Waals surface area contributed by atoms with E-state index in [-0.39, 0.29) is 35.6 Å². The van der Waals surface area contributed by atoms with Crippen molar-refractivity contribution >= 4 is 11.7 Å². The summed E-state index contributed by atoms with van der Waals surface area (Å²) in [4.78, 5) is 14.0. The van der Waals surface area contributed by atoms with Crippen molar-refractivity contribution in [2.75, 3.05) is 5.73 Å². The van der Waals surface area contributed by atoms with Crippen LogP contribution in [0.2, 0.25) is 0 Å². The lowest BCUT2D eigenvalue weighted by atomic mass is 9.99. The van der Waals surface area contributed by atoms with Gasteiger partial charge in [-0.25, -0.2) is 4.63 Å². The predicted molar refractivity (Wildman–Crippen MR) is 56.9 cm³/mol. The molecule has 3 N–H and O–H groups in total. The average molecular weight is 238 g/mol. The fraction of sp³-hybridized carbons (Fsp3) is 0.700. The topological polar surface area (TPSA) is 105 Å².